The van der Waals surface area contributed by atoms with E-state index in [0.717, 1.165) is 11.3 Å². The lowest BCUT2D eigenvalue weighted by Gasteiger charge is -2.29. The van der Waals surface area contributed by atoms with Crippen molar-refractivity contribution in [1.82, 2.24) is 14.8 Å². The fraction of sp³-hybridized carbons (Fsp3) is 0.320. The molecule has 36 heavy (non-hydrogen) atoms. The molecule has 1 unspecified atom stereocenters. The molecule has 1 amide bonds. The maximum atomic E-state index is 13.8. The van der Waals surface area contributed by atoms with E-state index in [0.29, 0.717) is 56.4 Å². The lowest BCUT2D eigenvalue weighted by Crippen LogP contribution is -2.31. The first-order chi connectivity index (χ1) is 17.4. The number of nitrogens with zero attached hydrogens (tertiary/aromatic N) is 3. The first-order valence-electron chi connectivity index (χ1n) is 11.4. The number of carbonyl (C=O) groups excluding carboxylic acids is 1. The molecule has 0 bridgehead atoms. The van der Waals surface area contributed by atoms with Crippen LogP contribution in [0.3, 0.4) is 0 Å². The number of ether oxygens (including phenoxy) is 3. The largest absolute Gasteiger partial charge is 0.493 e. The van der Waals surface area contributed by atoms with Gasteiger partial charge in [-0.05, 0) is 65.4 Å². The average Bonchev–Trinajstić information content (AvgIpc) is 3.25. The second kappa shape index (κ2) is 11.3. The highest BCUT2D eigenvalue weighted by Gasteiger charge is 2.35. The lowest BCUT2D eigenvalue weighted by atomic mass is 9.94. The standard InChI is InChI=1S/C25H28BrN5O4S/c1-6-35-18-11-9-8-10-17(18)28-23(32)20-14(3)27-24-29-25(36-7-2)30-31(24)21(20)15-12-16(26)22(34-5)19(13-15)33-4/h8-13,21H,6-7H2,1-5H3,(H,28,32)(H,27,29,30). The number of halogens is 1. The number of hydrogen-bond acceptors (Lipinski definition) is 8. The average molecular weight is 575 g/mol. The number of amides is 1. The Hall–Kier alpha value is -3.18. The molecule has 2 heterocycles. The first kappa shape index (κ1) is 25.9. The summed E-state index contributed by atoms with van der Waals surface area (Å²) in [6, 6.07) is 10.5. The first-order valence-corrected chi connectivity index (χ1v) is 13.2. The minimum absolute atomic E-state index is 0.283. The van der Waals surface area contributed by atoms with Crippen molar-refractivity contribution in [2.24, 2.45) is 0 Å². The molecule has 1 atom stereocenters. The second-order valence-electron chi connectivity index (χ2n) is 7.78. The van der Waals surface area contributed by atoms with Crippen LogP contribution < -0.4 is 24.8 Å². The van der Waals surface area contributed by atoms with Crippen LogP contribution in [0, 0.1) is 0 Å². The molecule has 9 nitrogen and oxygen atoms in total. The van der Waals surface area contributed by atoms with Crippen molar-refractivity contribution < 1.29 is 19.0 Å². The van der Waals surface area contributed by atoms with Gasteiger partial charge in [0.05, 0.1) is 36.6 Å². The third-order valence-corrected chi connectivity index (χ3v) is 6.87. The number of benzene rings is 2. The van der Waals surface area contributed by atoms with Crippen LogP contribution in [0.1, 0.15) is 32.4 Å². The molecule has 4 rings (SSSR count). The van der Waals surface area contributed by atoms with E-state index in [1.165, 1.54) is 11.8 Å². The van der Waals surface area contributed by atoms with E-state index < -0.39 is 6.04 Å². The number of carbonyl (C=O) groups is 1. The molecule has 1 aromatic heterocycles. The monoisotopic (exact) mass is 573 g/mol. The molecule has 3 aromatic rings. The summed E-state index contributed by atoms with van der Waals surface area (Å²) in [5.41, 5.74) is 2.53. The van der Waals surface area contributed by atoms with Crippen LogP contribution in [-0.4, -0.2) is 47.3 Å². The van der Waals surface area contributed by atoms with Gasteiger partial charge < -0.3 is 24.8 Å². The summed E-state index contributed by atoms with van der Waals surface area (Å²) in [6.07, 6.45) is 0. The van der Waals surface area contributed by atoms with Crippen LogP contribution in [0.4, 0.5) is 11.6 Å². The van der Waals surface area contributed by atoms with Crippen molar-refractivity contribution in [2.45, 2.75) is 32.0 Å². The number of rotatable bonds is 9. The number of para-hydroxylation sites is 2. The molecule has 0 saturated heterocycles. The zero-order valence-electron chi connectivity index (χ0n) is 20.7. The smallest absolute Gasteiger partial charge is 0.255 e. The summed E-state index contributed by atoms with van der Waals surface area (Å²) in [7, 11) is 3.15. The topological polar surface area (TPSA) is 99.5 Å². The van der Waals surface area contributed by atoms with Gasteiger partial charge in [0.15, 0.2) is 11.5 Å². The predicted molar refractivity (Wildman–Crippen MR) is 144 cm³/mol. The maximum Gasteiger partial charge on any atom is 0.255 e. The summed E-state index contributed by atoms with van der Waals surface area (Å²) in [4.78, 5) is 18.5. The SMILES string of the molecule is CCOc1ccccc1NC(=O)C1=C(C)Nc2nc(SCC)nn2C1c1cc(Br)c(OC)c(OC)c1. The normalized spacial score (nSPS) is 14.7. The van der Waals surface area contributed by atoms with Crippen molar-refractivity contribution in [3.8, 4) is 17.2 Å². The lowest BCUT2D eigenvalue weighted by molar-refractivity contribution is -0.113. The van der Waals surface area contributed by atoms with Gasteiger partial charge in [-0.1, -0.05) is 30.8 Å². The van der Waals surface area contributed by atoms with Gasteiger partial charge >= 0.3 is 0 Å². The zero-order valence-corrected chi connectivity index (χ0v) is 23.1. The van der Waals surface area contributed by atoms with E-state index >= 15 is 0 Å². The van der Waals surface area contributed by atoms with E-state index in [-0.39, 0.29) is 5.91 Å². The van der Waals surface area contributed by atoms with Crippen molar-refractivity contribution in [2.75, 3.05) is 37.2 Å². The highest BCUT2D eigenvalue weighted by atomic mass is 79.9. The number of aromatic nitrogens is 3. The maximum absolute atomic E-state index is 13.8. The Bertz CT molecular complexity index is 1310. The van der Waals surface area contributed by atoms with Crippen LogP contribution in [-0.2, 0) is 4.79 Å². The molecular weight excluding hydrogens is 546 g/mol. The van der Waals surface area contributed by atoms with Crippen LogP contribution in [0.15, 0.2) is 57.3 Å². The van der Waals surface area contributed by atoms with Gasteiger partial charge in [-0.2, -0.15) is 4.98 Å². The van der Waals surface area contributed by atoms with E-state index in [2.05, 4.69) is 31.5 Å². The number of thioether (sulfide) groups is 1. The van der Waals surface area contributed by atoms with Gasteiger partial charge in [0.25, 0.3) is 5.91 Å². The van der Waals surface area contributed by atoms with E-state index in [9.17, 15) is 4.79 Å². The number of hydrogen-bond donors (Lipinski definition) is 2. The van der Waals surface area contributed by atoms with Crippen LogP contribution in [0.5, 0.6) is 17.2 Å². The molecule has 190 valence electrons. The van der Waals surface area contributed by atoms with Crippen molar-refractivity contribution in [3.63, 3.8) is 0 Å². The highest BCUT2D eigenvalue weighted by molar-refractivity contribution is 9.10. The van der Waals surface area contributed by atoms with E-state index in [4.69, 9.17) is 19.3 Å². The van der Waals surface area contributed by atoms with Crippen molar-refractivity contribution in [1.29, 1.82) is 0 Å². The summed E-state index contributed by atoms with van der Waals surface area (Å²) >= 11 is 5.12. The summed E-state index contributed by atoms with van der Waals surface area (Å²) in [5.74, 6) is 2.80. The minimum Gasteiger partial charge on any atom is -0.493 e. The van der Waals surface area contributed by atoms with Crippen molar-refractivity contribution >= 4 is 45.2 Å². The summed E-state index contributed by atoms with van der Waals surface area (Å²) in [6.45, 7) is 6.29. The molecule has 1 aliphatic rings. The second-order valence-corrected chi connectivity index (χ2v) is 9.87. The fourth-order valence-electron chi connectivity index (χ4n) is 4.06. The van der Waals surface area contributed by atoms with E-state index in [1.807, 2.05) is 57.2 Å². The number of methoxy groups -OCH3 is 2. The van der Waals surface area contributed by atoms with Gasteiger partial charge in [-0.25, -0.2) is 4.68 Å². The minimum atomic E-state index is -0.574. The molecule has 1 aliphatic heterocycles. The molecule has 0 spiro atoms. The van der Waals surface area contributed by atoms with Crippen molar-refractivity contribution in [3.05, 3.63) is 57.7 Å². The molecular formula is C25H28BrN5O4S. The Morgan fingerprint density at radius 2 is 1.97 bits per heavy atom. The zero-order chi connectivity index (χ0) is 25.8. The molecule has 0 radical (unpaired) electrons. The number of nitrogens with one attached hydrogen (secondary N) is 2. The quantitative estimate of drug-likeness (QED) is 0.324. The Balaban J connectivity index is 1.84. The van der Waals surface area contributed by atoms with Gasteiger partial charge in [0, 0.05) is 5.70 Å². The van der Waals surface area contributed by atoms with Crippen LogP contribution in [0.2, 0.25) is 0 Å². The fourth-order valence-corrected chi connectivity index (χ4v) is 5.24. The number of allylic oxidation sites excluding steroid dienone is 1. The third kappa shape index (κ3) is 5.03. The Morgan fingerprint density at radius 3 is 2.67 bits per heavy atom. The predicted octanol–water partition coefficient (Wildman–Crippen LogP) is 5.50. The van der Waals surface area contributed by atoms with Gasteiger partial charge in [-0.3, -0.25) is 4.79 Å². The molecule has 2 aromatic carbocycles. The highest BCUT2D eigenvalue weighted by Crippen LogP contribution is 2.43. The Labute approximate surface area is 222 Å². The van der Waals surface area contributed by atoms with Crippen LogP contribution in [0.25, 0.3) is 0 Å². The molecule has 2 N–H and O–H groups in total. The number of fused-ring (bicyclic) bond motifs is 1. The molecule has 0 fully saturated rings. The number of anilines is 2. The summed E-state index contributed by atoms with van der Waals surface area (Å²) < 4.78 is 19.2. The third-order valence-electron chi connectivity index (χ3n) is 5.56. The molecule has 0 saturated carbocycles. The van der Waals surface area contributed by atoms with E-state index in [1.54, 1.807) is 18.9 Å². The van der Waals surface area contributed by atoms with Gasteiger partial charge in [0.2, 0.25) is 11.1 Å². The molecule has 11 heteroatoms. The van der Waals surface area contributed by atoms with Gasteiger partial charge in [0.1, 0.15) is 11.8 Å². The van der Waals surface area contributed by atoms with Crippen LogP contribution >= 0.6 is 27.7 Å². The molecule has 0 aliphatic carbocycles. The summed E-state index contributed by atoms with van der Waals surface area (Å²) in [5, 5.41) is 11.6. The Kier molecular flexibility index (Phi) is 8.10. The Morgan fingerprint density at radius 1 is 1.19 bits per heavy atom. The van der Waals surface area contributed by atoms with Gasteiger partial charge in [-0.15, -0.1) is 5.10 Å².